The first-order valence-electron chi connectivity index (χ1n) is 4.35. The van der Waals surface area contributed by atoms with E-state index in [2.05, 4.69) is 4.18 Å². The molecule has 6 nitrogen and oxygen atoms in total. The summed E-state index contributed by atoms with van der Waals surface area (Å²) in [7, 11) is -8.38. The minimum Gasteiger partial charge on any atom is -0.258 e. The second-order valence-corrected chi connectivity index (χ2v) is 6.05. The number of hydrogen-bond donors (Lipinski definition) is 1. The fourth-order valence-electron chi connectivity index (χ4n) is 0.961. The Morgan fingerprint density at radius 1 is 1.12 bits per heavy atom. The van der Waals surface area contributed by atoms with Gasteiger partial charge in [-0.25, -0.2) is 8.42 Å². The molecule has 0 aromatic heterocycles. The summed E-state index contributed by atoms with van der Waals surface area (Å²) in [5, 5.41) is 0. The molecule has 0 amide bonds. The lowest BCUT2D eigenvalue weighted by molar-refractivity contribution is 0.335. The monoisotopic (exact) mass is 265 g/mol. The van der Waals surface area contributed by atoms with E-state index in [-0.39, 0.29) is 11.5 Å². The molecule has 1 N–H and O–H groups in total. The first-order valence-corrected chi connectivity index (χ1v) is 7.24. The van der Waals surface area contributed by atoms with E-state index in [0.717, 1.165) is 0 Å². The summed E-state index contributed by atoms with van der Waals surface area (Å²) >= 11 is 0. The molecule has 0 radical (unpaired) electrons. The molecule has 0 heterocycles. The topological polar surface area (TPSA) is 89.5 Å². The lowest BCUT2D eigenvalue weighted by Gasteiger charge is -2.06. The van der Waals surface area contributed by atoms with Crippen LogP contribution in [-0.4, -0.2) is 23.4 Å². The van der Waals surface area contributed by atoms with E-state index in [9.17, 15) is 16.8 Å². The van der Waals surface area contributed by atoms with E-state index in [1.54, 1.807) is 6.07 Å². The largest absolute Gasteiger partial charge is 0.349 e. The van der Waals surface area contributed by atoms with E-state index in [0.29, 0.717) is 0 Å². The second kappa shape index (κ2) is 4.91. The summed E-state index contributed by atoms with van der Waals surface area (Å²) in [5.41, 5.74) is 0. The Balaban J connectivity index is 2.98. The smallest absolute Gasteiger partial charge is 0.258 e. The molecular weight excluding hydrogens is 254 g/mol. The fraction of sp³-hybridized carbons (Fsp3) is 0.250. The van der Waals surface area contributed by atoms with Crippen molar-refractivity contribution in [3.8, 4) is 0 Å². The summed E-state index contributed by atoms with van der Waals surface area (Å²) in [5.74, 6) is 0. The Labute approximate surface area is 94.6 Å². The summed E-state index contributed by atoms with van der Waals surface area (Å²) in [6, 6.07) is 7.16. The van der Waals surface area contributed by atoms with Crippen LogP contribution in [0.1, 0.15) is 6.92 Å². The van der Waals surface area contributed by atoms with Crippen molar-refractivity contribution in [3.05, 3.63) is 30.3 Å². The summed E-state index contributed by atoms with van der Waals surface area (Å²) < 4.78 is 51.1. The molecule has 0 atom stereocenters. The standard InChI is InChI=1S/C8H11NO5S2/c1-2-14-16(12,13)9-15(10,11)8-6-4-3-5-7-8/h3-7,9H,2H2,1H3. The molecule has 0 aliphatic rings. The van der Waals surface area contributed by atoms with Gasteiger partial charge in [0, 0.05) is 0 Å². The highest BCUT2D eigenvalue weighted by molar-refractivity contribution is 8.02. The van der Waals surface area contributed by atoms with Crippen LogP contribution < -0.4 is 4.13 Å². The molecule has 1 aromatic rings. The fourth-order valence-corrected chi connectivity index (χ4v) is 3.44. The van der Waals surface area contributed by atoms with Crippen molar-refractivity contribution in [2.45, 2.75) is 11.8 Å². The zero-order valence-corrected chi connectivity index (χ0v) is 10.1. The van der Waals surface area contributed by atoms with E-state index in [4.69, 9.17) is 0 Å². The predicted molar refractivity (Wildman–Crippen MR) is 57.3 cm³/mol. The molecule has 0 aliphatic heterocycles. The highest BCUT2D eigenvalue weighted by Gasteiger charge is 2.22. The van der Waals surface area contributed by atoms with Gasteiger partial charge in [-0.05, 0) is 19.1 Å². The van der Waals surface area contributed by atoms with Crippen LogP contribution in [0.2, 0.25) is 0 Å². The summed E-state index contributed by atoms with van der Waals surface area (Å²) in [4.78, 5) is -0.140. The number of rotatable bonds is 5. The van der Waals surface area contributed by atoms with E-state index < -0.39 is 20.3 Å². The van der Waals surface area contributed by atoms with Gasteiger partial charge in [0.2, 0.25) is 0 Å². The van der Waals surface area contributed by atoms with Gasteiger partial charge in [0.25, 0.3) is 10.0 Å². The average Bonchev–Trinajstić information content (AvgIpc) is 2.17. The maximum atomic E-state index is 11.6. The zero-order chi connectivity index (χ0) is 12.2. The maximum absolute atomic E-state index is 11.6. The quantitative estimate of drug-likeness (QED) is 0.824. The van der Waals surface area contributed by atoms with Gasteiger partial charge in [-0.15, -0.1) is 0 Å². The molecule has 90 valence electrons. The summed E-state index contributed by atoms with van der Waals surface area (Å²) in [6.07, 6.45) is 0. The Hall–Kier alpha value is -0.960. The average molecular weight is 265 g/mol. The van der Waals surface area contributed by atoms with Crippen LogP contribution in [0.4, 0.5) is 0 Å². The zero-order valence-electron chi connectivity index (χ0n) is 8.45. The van der Waals surface area contributed by atoms with E-state index >= 15 is 0 Å². The second-order valence-electron chi connectivity index (χ2n) is 2.76. The number of hydrogen-bond acceptors (Lipinski definition) is 5. The van der Waals surface area contributed by atoms with Crippen LogP contribution in [0.3, 0.4) is 0 Å². The molecule has 1 aromatic carbocycles. The van der Waals surface area contributed by atoms with Gasteiger partial charge >= 0.3 is 10.3 Å². The van der Waals surface area contributed by atoms with Crippen molar-refractivity contribution < 1.29 is 21.0 Å². The first-order chi connectivity index (χ1) is 7.37. The van der Waals surface area contributed by atoms with Crippen LogP contribution in [0, 0.1) is 0 Å². The SMILES string of the molecule is CCOS(=O)(=O)NS(=O)(=O)c1ccccc1. The molecule has 8 heteroatoms. The Bertz CT molecular complexity index is 535. The van der Waals surface area contributed by atoms with Crippen LogP contribution in [0.15, 0.2) is 35.2 Å². The van der Waals surface area contributed by atoms with Gasteiger partial charge in [-0.2, -0.15) is 8.42 Å². The molecule has 16 heavy (non-hydrogen) atoms. The van der Waals surface area contributed by atoms with E-state index in [1.807, 2.05) is 0 Å². The van der Waals surface area contributed by atoms with Gasteiger partial charge in [-0.3, -0.25) is 4.18 Å². The Morgan fingerprint density at radius 2 is 1.69 bits per heavy atom. The first kappa shape index (κ1) is 13.1. The molecule has 0 aliphatic carbocycles. The van der Waals surface area contributed by atoms with Crippen LogP contribution >= 0.6 is 0 Å². The molecule has 0 bridgehead atoms. The number of sulfonamides is 1. The predicted octanol–water partition coefficient (Wildman–Crippen LogP) is 0.246. The Kier molecular flexibility index (Phi) is 4.03. The van der Waals surface area contributed by atoms with Crippen molar-refractivity contribution >= 4 is 20.3 Å². The van der Waals surface area contributed by atoms with Crippen molar-refractivity contribution in [1.29, 1.82) is 0 Å². The summed E-state index contributed by atoms with van der Waals surface area (Å²) in [6.45, 7) is 1.30. The van der Waals surface area contributed by atoms with Crippen LogP contribution in [-0.2, 0) is 24.5 Å². The molecule has 0 saturated heterocycles. The van der Waals surface area contributed by atoms with Gasteiger partial charge in [0.15, 0.2) is 0 Å². The number of benzene rings is 1. The van der Waals surface area contributed by atoms with Gasteiger partial charge in [-0.1, -0.05) is 22.3 Å². The van der Waals surface area contributed by atoms with Crippen molar-refractivity contribution in [2.24, 2.45) is 0 Å². The molecular formula is C8H11NO5S2. The highest BCUT2D eigenvalue weighted by atomic mass is 32.3. The van der Waals surface area contributed by atoms with Gasteiger partial charge in [0.05, 0.1) is 11.5 Å². The van der Waals surface area contributed by atoms with Crippen molar-refractivity contribution in [3.63, 3.8) is 0 Å². The minimum absolute atomic E-state index is 0.139. The third kappa shape index (κ3) is 3.56. The normalized spacial score (nSPS) is 12.6. The third-order valence-electron chi connectivity index (χ3n) is 1.54. The Morgan fingerprint density at radius 3 is 2.19 bits per heavy atom. The molecule has 0 saturated carbocycles. The van der Waals surface area contributed by atoms with Crippen molar-refractivity contribution in [2.75, 3.05) is 6.61 Å². The molecule has 0 fully saturated rings. The van der Waals surface area contributed by atoms with Crippen LogP contribution in [0.25, 0.3) is 0 Å². The molecule has 1 rings (SSSR count). The third-order valence-corrected chi connectivity index (χ3v) is 4.67. The van der Waals surface area contributed by atoms with Gasteiger partial charge in [0.1, 0.15) is 0 Å². The van der Waals surface area contributed by atoms with Crippen LogP contribution in [0.5, 0.6) is 0 Å². The lowest BCUT2D eigenvalue weighted by atomic mass is 10.4. The van der Waals surface area contributed by atoms with E-state index in [1.165, 1.54) is 35.3 Å². The highest BCUT2D eigenvalue weighted by Crippen LogP contribution is 2.08. The lowest BCUT2D eigenvalue weighted by Crippen LogP contribution is -2.32. The van der Waals surface area contributed by atoms with Crippen molar-refractivity contribution in [1.82, 2.24) is 4.13 Å². The minimum atomic E-state index is -4.28. The molecule has 0 unspecified atom stereocenters. The molecule has 0 spiro atoms. The maximum Gasteiger partial charge on any atom is 0.349 e. The van der Waals surface area contributed by atoms with Gasteiger partial charge < -0.3 is 0 Å². The number of nitrogens with one attached hydrogen (secondary N) is 1.